The second kappa shape index (κ2) is 8.54. The number of amides is 2. The zero-order chi connectivity index (χ0) is 23.0. The Labute approximate surface area is 191 Å². The highest BCUT2D eigenvalue weighted by atomic mass is 35.5. The largest absolute Gasteiger partial charge is 0.352 e. The number of nitrogens with zero attached hydrogens (tertiary/aromatic N) is 2. The first-order valence-electron chi connectivity index (χ1n) is 10.6. The maximum atomic E-state index is 13.3. The predicted octanol–water partition coefficient (Wildman–Crippen LogP) is 4.30. The molecular weight excluding hydrogens is 431 g/mol. The summed E-state index contributed by atoms with van der Waals surface area (Å²) in [5.41, 5.74) is 1.27. The lowest BCUT2D eigenvalue weighted by Gasteiger charge is -2.30. The van der Waals surface area contributed by atoms with Gasteiger partial charge in [-0.15, -0.1) is 0 Å². The van der Waals surface area contributed by atoms with Crippen LogP contribution in [0.5, 0.6) is 0 Å². The Balaban J connectivity index is 1.66. The van der Waals surface area contributed by atoms with Crippen LogP contribution in [0.25, 0.3) is 10.9 Å². The summed E-state index contributed by atoms with van der Waals surface area (Å²) in [5, 5.41) is 11.5. The first-order valence-corrected chi connectivity index (χ1v) is 11.0. The number of rotatable bonds is 6. The molecule has 0 unspecified atom stereocenters. The Morgan fingerprint density at radius 2 is 1.88 bits per heavy atom. The topological polar surface area (TPSA) is 76.0 Å². The van der Waals surface area contributed by atoms with Crippen LogP contribution in [0.1, 0.15) is 49.7 Å². The van der Waals surface area contributed by atoms with Crippen molar-refractivity contribution in [2.75, 3.05) is 0 Å². The molecule has 0 saturated heterocycles. The molecule has 4 rings (SSSR count). The summed E-state index contributed by atoms with van der Waals surface area (Å²) in [6.45, 7) is 6.09. The average molecular weight is 457 g/mol. The van der Waals surface area contributed by atoms with Gasteiger partial charge in [-0.05, 0) is 54.2 Å². The molecule has 1 aliphatic rings. The second-order valence-electron chi connectivity index (χ2n) is 9.35. The lowest BCUT2D eigenvalue weighted by Crippen LogP contribution is -2.54. The fraction of sp³-hybridized carbons (Fsp3) is 0.375. The van der Waals surface area contributed by atoms with Crippen molar-refractivity contribution < 1.29 is 14.0 Å². The molecule has 0 aliphatic heterocycles. The van der Waals surface area contributed by atoms with Gasteiger partial charge >= 0.3 is 0 Å². The molecule has 1 aliphatic carbocycles. The molecule has 32 heavy (non-hydrogen) atoms. The molecule has 8 heteroatoms. The fourth-order valence-electron chi connectivity index (χ4n) is 3.59. The molecular formula is C24H26ClFN4O2. The monoisotopic (exact) mass is 456 g/mol. The molecule has 1 saturated carbocycles. The number of nitrogens with one attached hydrogen (secondary N) is 2. The van der Waals surface area contributed by atoms with Gasteiger partial charge in [0, 0.05) is 16.5 Å². The van der Waals surface area contributed by atoms with E-state index in [1.165, 1.54) is 12.1 Å². The van der Waals surface area contributed by atoms with E-state index in [1.54, 1.807) is 35.0 Å². The third kappa shape index (κ3) is 4.93. The third-order valence-electron chi connectivity index (χ3n) is 5.50. The van der Waals surface area contributed by atoms with Crippen LogP contribution in [0.4, 0.5) is 4.39 Å². The molecule has 3 aromatic rings. The highest BCUT2D eigenvalue weighted by Gasteiger charge is 2.36. The number of aromatic nitrogens is 2. The van der Waals surface area contributed by atoms with Gasteiger partial charge in [0.25, 0.3) is 5.91 Å². The zero-order valence-electron chi connectivity index (χ0n) is 18.3. The van der Waals surface area contributed by atoms with E-state index in [2.05, 4.69) is 15.7 Å². The Kier molecular flexibility index (Phi) is 5.95. The molecule has 2 amide bonds. The van der Waals surface area contributed by atoms with E-state index in [-0.39, 0.29) is 23.5 Å². The van der Waals surface area contributed by atoms with Gasteiger partial charge in [0.2, 0.25) is 5.91 Å². The molecule has 1 heterocycles. The minimum atomic E-state index is -0.716. The van der Waals surface area contributed by atoms with Crippen LogP contribution in [0.2, 0.25) is 5.02 Å². The normalized spacial score (nSPS) is 14.9. The van der Waals surface area contributed by atoms with E-state index in [1.807, 2.05) is 20.8 Å². The lowest BCUT2D eigenvalue weighted by molar-refractivity contribution is -0.125. The Hall–Kier alpha value is -2.93. The number of hydrogen-bond donors (Lipinski definition) is 2. The summed E-state index contributed by atoms with van der Waals surface area (Å²) in [7, 11) is 0. The fourth-order valence-corrected chi connectivity index (χ4v) is 3.76. The summed E-state index contributed by atoms with van der Waals surface area (Å²) in [6.07, 6.45) is 1.93. The minimum absolute atomic E-state index is 0.193. The number of fused-ring (bicyclic) bond motifs is 1. The summed E-state index contributed by atoms with van der Waals surface area (Å²) >= 11 is 6.20. The molecule has 1 fully saturated rings. The summed E-state index contributed by atoms with van der Waals surface area (Å²) in [5.74, 6) is -0.953. The van der Waals surface area contributed by atoms with Crippen molar-refractivity contribution >= 4 is 34.3 Å². The van der Waals surface area contributed by atoms with E-state index in [4.69, 9.17) is 11.6 Å². The van der Waals surface area contributed by atoms with E-state index < -0.39 is 17.4 Å². The summed E-state index contributed by atoms with van der Waals surface area (Å²) < 4.78 is 15.0. The molecule has 0 spiro atoms. The molecule has 168 valence electrons. The van der Waals surface area contributed by atoms with Crippen molar-refractivity contribution in [2.45, 2.75) is 52.2 Å². The highest BCUT2D eigenvalue weighted by molar-refractivity contribution is 6.31. The van der Waals surface area contributed by atoms with E-state index in [9.17, 15) is 14.0 Å². The van der Waals surface area contributed by atoms with Crippen molar-refractivity contribution in [1.82, 2.24) is 20.4 Å². The van der Waals surface area contributed by atoms with Gasteiger partial charge in [-0.25, -0.2) is 4.39 Å². The van der Waals surface area contributed by atoms with Crippen molar-refractivity contribution in [3.8, 4) is 0 Å². The van der Waals surface area contributed by atoms with Gasteiger partial charge in [-0.2, -0.15) is 5.10 Å². The Morgan fingerprint density at radius 3 is 2.50 bits per heavy atom. The number of carbonyl (C=O) groups is 2. The van der Waals surface area contributed by atoms with Crippen LogP contribution in [0.3, 0.4) is 0 Å². The van der Waals surface area contributed by atoms with Crippen LogP contribution in [0.15, 0.2) is 42.5 Å². The quantitative estimate of drug-likeness (QED) is 0.580. The van der Waals surface area contributed by atoms with Crippen molar-refractivity contribution in [2.24, 2.45) is 5.41 Å². The van der Waals surface area contributed by atoms with Crippen molar-refractivity contribution in [3.63, 3.8) is 0 Å². The van der Waals surface area contributed by atoms with Gasteiger partial charge in [0.15, 0.2) is 5.69 Å². The van der Waals surface area contributed by atoms with Gasteiger partial charge in [-0.3, -0.25) is 14.3 Å². The summed E-state index contributed by atoms with van der Waals surface area (Å²) in [4.78, 5) is 26.1. The maximum Gasteiger partial charge on any atom is 0.273 e. The van der Waals surface area contributed by atoms with Gasteiger partial charge < -0.3 is 10.6 Å². The van der Waals surface area contributed by atoms with Crippen LogP contribution in [-0.4, -0.2) is 33.7 Å². The van der Waals surface area contributed by atoms with Crippen molar-refractivity contribution in [3.05, 3.63) is 64.6 Å². The standard InChI is InChI=1S/C24H26ClFN4O2/c1-24(2,3)21(23(32)27-17-9-10-17)28-22(31)20-18-12-15(25)6-11-19(18)30(29-20)13-14-4-7-16(26)8-5-14/h4-8,11-12,17,21H,9-10,13H2,1-3H3,(H,27,32)(H,28,31)/t21-/m1/s1. The van der Waals surface area contributed by atoms with Crippen LogP contribution < -0.4 is 10.6 Å². The molecule has 2 N–H and O–H groups in total. The van der Waals surface area contributed by atoms with Gasteiger partial charge in [-0.1, -0.05) is 44.5 Å². The maximum absolute atomic E-state index is 13.3. The third-order valence-corrected chi connectivity index (χ3v) is 5.74. The molecule has 6 nitrogen and oxygen atoms in total. The van der Waals surface area contributed by atoms with E-state index in [0.717, 1.165) is 23.9 Å². The SMILES string of the molecule is CC(C)(C)[C@H](NC(=O)c1nn(Cc2ccc(F)cc2)c2ccc(Cl)cc12)C(=O)NC1CC1. The predicted molar refractivity (Wildman–Crippen MR) is 122 cm³/mol. The summed E-state index contributed by atoms with van der Waals surface area (Å²) in [6, 6.07) is 10.8. The molecule has 2 aromatic carbocycles. The lowest BCUT2D eigenvalue weighted by atomic mass is 9.86. The van der Waals surface area contributed by atoms with E-state index in [0.29, 0.717) is 17.0 Å². The Bertz CT molecular complexity index is 1160. The number of halogens is 2. The number of hydrogen-bond acceptors (Lipinski definition) is 3. The van der Waals surface area contributed by atoms with Crippen molar-refractivity contribution in [1.29, 1.82) is 0 Å². The van der Waals surface area contributed by atoms with Crippen LogP contribution in [0, 0.1) is 11.2 Å². The average Bonchev–Trinajstić information content (AvgIpc) is 3.46. The molecule has 1 aromatic heterocycles. The van der Waals surface area contributed by atoms with Crippen LogP contribution in [-0.2, 0) is 11.3 Å². The molecule has 0 bridgehead atoms. The highest BCUT2D eigenvalue weighted by Crippen LogP contribution is 2.26. The van der Waals surface area contributed by atoms with Crippen LogP contribution >= 0.6 is 11.6 Å². The second-order valence-corrected chi connectivity index (χ2v) is 9.79. The Morgan fingerprint density at radius 1 is 1.19 bits per heavy atom. The smallest absolute Gasteiger partial charge is 0.273 e. The minimum Gasteiger partial charge on any atom is -0.352 e. The zero-order valence-corrected chi connectivity index (χ0v) is 19.0. The molecule has 1 atom stereocenters. The van der Waals surface area contributed by atoms with E-state index >= 15 is 0 Å². The first kappa shape index (κ1) is 22.3. The van der Waals surface area contributed by atoms with Gasteiger partial charge in [0.05, 0.1) is 12.1 Å². The number of carbonyl (C=O) groups excluding carboxylic acids is 2. The van der Waals surface area contributed by atoms with Gasteiger partial charge in [0.1, 0.15) is 11.9 Å². The first-order chi connectivity index (χ1) is 15.1. The number of benzene rings is 2. The molecule has 0 radical (unpaired) electrons.